The zero-order valence-electron chi connectivity index (χ0n) is 17.6. The van der Waals surface area contributed by atoms with Crippen molar-refractivity contribution in [3.8, 4) is 0 Å². The van der Waals surface area contributed by atoms with Crippen molar-refractivity contribution in [2.75, 3.05) is 6.67 Å². The lowest BCUT2D eigenvalue weighted by atomic mass is 9.49. The predicted octanol–water partition coefficient (Wildman–Crippen LogP) is 4.33. The second kappa shape index (κ2) is 6.10. The van der Waals surface area contributed by atoms with Crippen LogP contribution in [0.3, 0.4) is 0 Å². The molecule has 1 saturated heterocycles. The summed E-state index contributed by atoms with van der Waals surface area (Å²) in [6, 6.07) is 0. The number of Topliss-reactive ketones (excluding diaryl/α,β-unsaturated/α-hetero) is 1. The van der Waals surface area contributed by atoms with Crippen LogP contribution < -0.4 is 0 Å². The first-order valence-electron chi connectivity index (χ1n) is 11.0. The molecule has 0 radical (unpaired) electrons. The van der Waals surface area contributed by atoms with Crippen molar-refractivity contribution in [3.63, 3.8) is 0 Å². The quantitative estimate of drug-likeness (QED) is 0.690. The number of fused-ring (bicyclic) bond motifs is 7. The summed E-state index contributed by atoms with van der Waals surface area (Å²) in [4.78, 5) is 25.0. The molecule has 0 aromatic heterocycles. The van der Waals surface area contributed by atoms with Gasteiger partial charge in [-0.15, -0.1) is 0 Å². The third-order valence-electron chi connectivity index (χ3n) is 8.85. The minimum atomic E-state index is -1.19. The van der Waals surface area contributed by atoms with Crippen LogP contribution in [0.5, 0.6) is 0 Å². The molecule has 5 heteroatoms. The van der Waals surface area contributed by atoms with E-state index in [0.29, 0.717) is 24.2 Å². The van der Waals surface area contributed by atoms with Crippen LogP contribution in [0.15, 0.2) is 23.8 Å². The highest BCUT2D eigenvalue weighted by Crippen LogP contribution is 2.69. The Kier molecular flexibility index (Phi) is 4.13. The van der Waals surface area contributed by atoms with E-state index >= 15 is 0 Å². The van der Waals surface area contributed by atoms with Crippen LogP contribution >= 0.6 is 0 Å². The number of ether oxygens (including phenoxy) is 2. The maximum absolute atomic E-state index is 13.8. The van der Waals surface area contributed by atoms with Gasteiger partial charge in [0.15, 0.2) is 29.6 Å². The number of rotatable bonds is 2. The number of alkyl halides is 1. The Hall–Kier alpha value is -1.33. The van der Waals surface area contributed by atoms with Crippen molar-refractivity contribution in [3.05, 3.63) is 23.8 Å². The molecule has 0 aromatic rings. The minimum Gasteiger partial charge on any atom is -0.344 e. The summed E-state index contributed by atoms with van der Waals surface area (Å²) in [6.07, 6.45) is 6.30. The zero-order valence-corrected chi connectivity index (χ0v) is 17.6. The van der Waals surface area contributed by atoms with Crippen molar-refractivity contribution in [1.29, 1.82) is 0 Å². The van der Waals surface area contributed by atoms with Gasteiger partial charge >= 0.3 is 0 Å². The van der Waals surface area contributed by atoms with Crippen LogP contribution in [0.25, 0.3) is 0 Å². The van der Waals surface area contributed by atoms with Gasteiger partial charge in [-0.3, -0.25) is 9.59 Å². The highest BCUT2D eigenvalue weighted by Gasteiger charge is 2.75. The van der Waals surface area contributed by atoms with E-state index in [1.165, 1.54) is 0 Å². The molecule has 158 valence electrons. The Morgan fingerprint density at radius 2 is 2.03 bits per heavy atom. The molecule has 5 aliphatic rings. The molecule has 0 spiro atoms. The average molecular weight is 403 g/mol. The highest BCUT2D eigenvalue weighted by molar-refractivity contribution is 5.92. The van der Waals surface area contributed by atoms with Gasteiger partial charge in [0.25, 0.3) is 0 Å². The Bertz CT molecular complexity index is 829. The molecule has 4 aliphatic carbocycles. The maximum atomic E-state index is 13.8. The fourth-order valence-corrected chi connectivity index (χ4v) is 7.83. The minimum absolute atomic E-state index is 0.212. The zero-order chi connectivity index (χ0) is 20.8. The van der Waals surface area contributed by atoms with E-state index in [0.717, 1.165) is 43.3 Å². The average Bonchev–Trinajstić information content (AvgIpc) is 3.08. The molecule has 3 saturated carbocycles. The number of hydrogen-bond donors (Lipinski definition) is 0. The first-order chi connectivity index (χ1) is 13.6. The Morgan fingerprint density at radius 3 is 2.76 bits per heavy atom. The van der Waals surface area contributed by atoms with Gasteiger partial charge in [0.05, 0.1) is 6.10 Å². The van der Waals surface area contributed by atoms with Crippen molar-refractivity contribution in [2.45, 2.75) is 76.8 Å². The molecule has 4 fully saturated rings. The lowest BCUT2D eigenvalue weighted by Gasteiger charge is -2.56. The van der Waals surface area contributed by atoms with Gasteiger partial charge in [-0.1, -0.05) is 19.1 Å². The molecule has 7 atom stereocenters. The van der Waals surface area contributed by atoms with E-state index in [4.69, 9.17) is 9.47 Å². The topological polar surface area (TPSA) is 52.6 Å². The fraction of sp³-hybridized carbons (Fsp3) is 0.750. The predicted molar refractivity (Wildman–Crippen MR) is 106 cm³/mol. The van der Waals surface area contributed by atoms with Gasteiger partial charge in [-0.25, -0.2) is 4.39 Å². The number of ketones is 2. The lowest BCUT2D eigenvalue weighted by Crippen LogP contribution is -2.60. The van der Waals surface area contributed by atoms with Crippen molar-refractivity contribution >= 4 is 11.6 Å². The number of carbonyl (C=O) groups is 2. The van der Waals surface area contributed by atoms with Crippen LogP contribution in [0.2, 0.25) is 0 Å². The molecule has 1 heterocycles. The standard InChI is InChI=1S/C24H31FO4/c1-13-9-18-16(15-6-5-14(26)10-17(13)15)7-8-23(4)19(18)11-21-24(23,20(27)12-25)29-22(2,3)28-21/h10,15-16,18-19,21H,1,5-9,11-12H2,2-4H3/t15-,16-,18-,19+,21?,23+,24-/m1/s1. The Balaban J connectivity index is 1.54. The lowest BCUT2D eigenvalue weighted by molar-refractivity contribution is -0.213. The monoisotopic (exact) mass is 402 g/mol. The Labute approximate surface area is 171 Å². The summed E-state index contributed by atoms with van der Waals surface area (Å²) in [5.74, 6) is 0.349. The third kappa shape index (κ3) is 2.43. The highest BCUT2D eigenvalue weighted by atomic mass is 19.1. The van der Waals surface area contributed by atoms with Gasteiger partial charge in [0.2, 0.25) is 0 Å². The molecule has 1 unspecified atom stereocenters. The molecular formula is C24H31FO4. The molecule has 4 nitrogen and oxygen atoms in total. The number of hydrogen-bond acceptors (Lipinski definition) is 4. The van der Waals surface area contributed by atoms with Crippen LogP contribution in [0, 0.1) is 29.1 Å². The SMILES string of the molecule is C=C1C[C@@H]2[C@H](CC[C@@]3(C)[C@H]2CC2OC(C)(C)O[C@]23C(=O)CF)[C@H]2CCC(=O)C=C12. The van der Waals surface area contributed by atoms with E-state index in [1.54, 1.807) is 0 Å². The van der Waals surface area contributed by atoms with E-state index < -0.39 is 35.4 Å². The van der Waals surface area contributed by atoms with Crippen LogP contribution in [-0.4, -0.2) is 35.7 Å². The van der Waals surface area contributed by atoms with Gasteiger partial charge in [0.1, 0.15) is 0 Å². The summed E-state index contributed by atoms with van der Waals surface area (Å²) >= 11 is 0. The third-order valence-corrected chi connectivity index (χ3v) is 8.85. The van der Waals surface area contributed by atoms with Crippen molar-refractivity contribution < 1.29 is 23.5 Å². The summed E-state index contributed by atoms with van der Waals surface area (Å²) in [7, 11) is 0. The van der Waals surface area contributed by atoms with Gasteiger partial charge in [-0.05, 0) is 81.3 Å². The first kappa shape index (κ1) is 19.6. The van der Waals surface area contributed by atoms with Crippen LogP contribution in [0.1, 0.15) is 59.3 Å². The second-order valence-corrected chi connectivity index (χ2v) is 10.5. The van der Waals surface area contributed by atoms with Crippen LogP contribution in [0.4, 0.5) is 4.39 Å². The molecular weight excluding hydrogens is 371 g/mol. The maximum Gasteiger partial charge on any atom is 0.198 e. The smallest absolute Gasteiger partial charge is 0.198 e. The van der Waals surface area contributed by atoms with E-state index in [2.05, 4.69) is 13.5 Å². The summed E-state index contributed by atoms with van der Waals surface area (Å²) in [6.45, 7) is 9.07. The molecule has 1 aliphatic heterocycles. The van der Waals surface area contributed by atoms with Gasteiger partial charge < -0.3 is 9.47 Å². The Morgan fingerprint density at radius 1 is 1.28 bits per heavy atom. The van der Waals surface area contributed by atoms with Crippen molar-refractivity contribution in [1.82, 2.24) is 0 Å². The van der Waals surface area contributed by atoms with E-state index in [9.17, 15) is 14.0 Å². The molecule has 0 N–H and O–H groups in total. The molecule has 29 heavy (non-hydrogen) atoms. The molecule has 0 aromatic carbocycles. The summed E-state index contributed by atoms with van der Waals surface area (Å²) in [5, 5.41) is 0. The van der Waals surface area contributed by atoms with Gasteiger partial charge in [-0.2, -0.15) is 0 Å². The summed E-state index contributed by atoms with van der Waals surface area (Å²) in [5.41, 5.74) is 0.592. The number of allylic oxidation sites excluding steroid dienone is 2. The van der Waals surface area contributed by atoms with Crippen molar-refractivity contribution in [2.24, 2.45) is 29.1 Å². The number of halogens is 1. The normalized spacial score (nSPS) is 47.7. The fourth-order valence-electron chi connectivity index (χ4n) is 7.83. The second-order valence-electron chi connectivity index (χ2n) is 10.5. The number of carbonyl (C=O) groups excluding carboxylic acids is 2. The van der Waals surface area contributed by atoms with Crippen LogP contribution in [-0.2, 0) is 19.1 Å². The van der Waals surface area contributed by atoms with E-state index in [1.807, 2.05) is 19.9 Å². The van der Waals surface area contributed by atoms with Gasteiger partial charge in [0, 0.05) is 11.8 Å². The van der Waals surface area contributed by atoms with E-state index in [-0.39, 0.29) is 11.7 Å². The summed E-state index contributed by atoms with van der Waals surface area (Å²) < 4.78 is 26.3. The molecule has 5 rings (SSSR count). The first-order valence-corrected chi connectivity index (χ1v) is 11.0. The molecule has 0 bridgehead atoms. The largest absolute Gasteiger partial charge is 0.344 e. The molecule has 0 amide bonds.